The van der Waals surface area contributed by atoms with E-state index in [1.165, 1.54) is 0 Å². The Labute approximate surface area is 78.0 Å². The van der Waals surface area contributed by atoms with Gasteiger partial charge in [0.05, 0.1) is 0 Å². The van der Waals surface area contributed by atoms with Crippen molar-refractivity contribution in [2.75, 3.05) is 38.7 Å². The van der Waals surface area contributed by atoms with Crippen LogP contribution in [-0.2, 0) is 4.74 Å². The number of ether oxygens (including phenoxy) is 1. The number of hydrogen-bond acceptors (Lipinski definition) is 2. The smallest absolute Gasteiger partial charge is 0.0478 e. The van der Waals surface area contributed by atoms with Gasteiger partial charge in [0, 0.05) is 31.6 Å². The van der Waals surface area contributed by atoms with E-state index in [9.17, 15) is 0 Å². The number of halogens is 1. The Morgan fingerprint density at radius 1 is 1.36 bits per heavy atom. The molecule has 2 nitrogen and oxygen atoms in total. The van der Waals surface area contributed by atoms with E-state index in [-0.39, 0.29) is 0 Å². The summed E-state index contributed by atoms with van der Waals surface area (Å²) in [6.07, 6.45) is 1.14. The molecule has 11 heavy (non-hydrogen) atoms. The lowest BCUT2D eigenvalue weighted by Gasteiger charge is -2.14. The van der Waals surface area contributed by atoms with E-state index in [1.807, 2.05) is 6.92 Å². The van der Waals surface area contributed by atoms with Crippen molar-refractivity contribution in [3.8, 4) is 0 Å². The molecule has 0 aliphatic rings. The van der Waals surface area contributed by atoms with Crippen molar-refractivity contribution in [2.45, 2.75) is 13.3 Å². The van der Waals surface area contributed by atoms with Crippen LogP contribution in [0.1, 0.15) is 13.3 Å². The molecule has 0 aliphatic heterocycles. The van der Waals surface area contributed by atoms with Crippen LogP contribution >= 0.6 is 15.9 Å². The van der Waals surface area contributed by atoms with Crippen LogP contribution in [0.2, 0.25) is 0 Å². The zero-order chi connectivity index (χ0) is 8.53. The fourth-order valence-corrected chi connectivity index (χ4v) is 1.44. The number of alkyl halides is 1. The Morgan fingerprint density at radius 3 is 2.64 bits per heavy atom. The van der Waals surface area contributed by atoms with Crippen LogP contribution in [0.4, 0.5) is 0 Å². The molecule has 0 N–H and O–H groups in total. The zero-order valence-corrected chi connectivity index (χ0v) is 9.06. The third kappa shape index (κ3) is 8.30. The minimum atomic E-state index is 0.835. The van der Waals surface area contributed by atoms with Gasteiger partial charge < -0.3 is 9.64 Å². The SMILES string of the molecule is CCOCCCN(C)CCBr. The fraction of sp³-hybridized carbons (Fsp3) is 1.00. The molecule has 0 aliphatic carbocycles. The summed E-state index contributed by atoms with van der Waals surface area (Å²) >= 11 is 3.40. The number of hydrogen-bond donors (Lipinski definition) is 0. The Kier molecular flexibility index (Phi) is 8.81. The topological polar surface area (TPSA) is 12.5 Å². The van der Waals surface area contributed by atoms with Crippen molar-refractivity contribution < 1.29 is 4.74 Å². The normalized spacial score (nSPS) is 10.9. The van der Waals surface area contributed by atoms with E-state index < -0.39 is 0 Å². The van der Waals surface area contributed by atoms with Crippen molar-refractivity contribution >= 4 is 15.9 Å². The highest BCUT2D eigenvalue weighted by Gasteiger charge is 1.95. The summed E-state index contributed by atoms with van der Waals surface area (Å²) in [5, 5.41) is 1.05. The van der Waals surface area contributed by atoms with E-state index >= 15 is 0 Å². The van der Waals surface area contributed by atoms with Crippen molar-refractivity contribution in [3.63, 3.8) is 0 Å². The van der Waals surface area contributed by atoms with Crippen LogP contribution in [0, 0.1) is 0 Å². The first kappa shape index (κ1) is 11.4. The molecular formula is C8H18BrNO. The first-order valence-corrected chi connectivity index (χ1v) is 5.25. The highest BCUT2D eigenvalue weighted by molar-refractivity contribution is 9.09. The Balaban J connectivity index is 2.97. The highest BCUT2D eigenvalue weighted by Crippen LogP contribution is 1.90. The van der Waals surface area contributed by atoms with Crippen molar-refractivity contribution in [3.05, 3.63) is 0 Å². The molecule has 0 bridgehead atoms. The van der Waals surface area contributed by atoms with Gasteiger partial charge in [-0.2, -0.15) is 0 Å². The summed E-state index contributed by atoms with van der Waals surface area (Å²) in [5.74, 6) is 0. The van der Waals surface area contributed by atoms with Crippen LogP contribution < -0.4 is 0 Å². The molecule has 0 spiro atoms. The standard InChI is InChI=1S/C8H18BrNO/c1-3-11-8-4-6-10(2)7-5-9/h3-8H2,1-2H3. The molecule has 0 aromatic carbocycles. The van der Waals surface area contributed by atoms with Gasteiger partial charge in [0.15, 0.2) is 0 Å². The highest BCUT2D eigenvalue weighted by atomic mass is 79.9. The largest absolute Gasteiger partial charge is 0.382 e. The first-order chi connectivity index (χ1) is 5.31. The van der Waals surface area contributed by atoms with Crippen LogP contribution in [-0.4, -0.2) is 43.6 Å². The molecular weight excluding hydrogens is 206 g/mol. The molecule has 0 rings (SSSR count). The lowest BCUT2D eigenvalue weighted by Crippen LogP contribution is -2.22. The van der Waals surface area contributed by atoms with E-state index in [1.54, 1.807) is 0 Å². The monoisotopic (exact) mass is 223 g/mol. The molecule has 0 radical (unpaired) electrons. The lowest BCUT2D eigenvalue weighted by molar-refractivity contribution is 0.136. The van der Waals surface area contributed by atoms with Crippen LogP contribution in [0.3, 0.4) is 0 Å². The molecule has 68 valence electrons. The minimum Gasteiger partial charge on any atom is -0.382 e. The molecule has 0 amide bonds. The molecule has 3 heteroatoms. The summed E-state index contributed by atoms with van der Waals surface area (Å²) in [6.45, 7) is 6.01. The number of nitrogens with zero attached hydrogens (tertiary/aromatic N) is 1. The molecule has 0 unspecified atom stereocenters. The van der Waals surface area contributed by atoms with Gasteiger partial charge in [-0.05, 0) is 20.4 Å². The van der Waals surface area contributed by atoms with Gasteiger partial charge in [-0.15, -0.1) is 0 Å². The van der Waals surface area contributed by atoms with Gasteiger partial charge in [-0.25, -0.2) is 0 Å². The Bertz CT molecular complexity index is 80.5. The second-order valence-corrected chi connectivity index (χ2v) is 3.34. The van der Waals surface area contributed by atoms with E-state index in [2.05, 4.69) is 27.9 Å². The summed E-state index contributed by atoms with van der Waals surface area (Å²) in [6, 6.07) is 0. The van der Waals surface area contributed by atoms with E-state index in [0.717, 1.165) is 38.1 Å². The Hall–Kier alpha value is 0.400. The fourth-order valence-electron chi connectivity index (χ4n) is 0.837. The third-order valence-corrected chi connectivity index (χ3v) is 1.85. The maximum atomic E-state index is 5.22. The van der Waals surface area contributed by atoms with Gasteiger partial charge in [-0.3, -0.25) is 0 Å². The second-order valence-electron chi connectivity index (χ2n) is 2.54. The minimum absolute atomic E-state index is 0.835. The quantitative estimate of drug-likeness (QED) is 0.482. The molecule has 0 aromatic rings. The van der Waals surface area contributed by atoms with E-state index in [0.29, 0.717) is 0 Å². The van der Waals surface area contributed by atoms with Gasteiger partial charge >= 0.3 is 0 Å². The molecule has 0 aromatic heterocycles. The number of rotatable bonds is 7. The van der Waals surface area contributed by atoms with Crippen LogP contribution in [0.25, 0.3) is 0 Å². The van der Waals surface area contributed by atoms with Gasteiger partial charge in [0.2, 0.25) is 0 Å². The van der Waals surface area contributed by atoms with Crippen LogP contribution in [0.15, 0.2) is 0 Å². The second kappa shape index (κ2) is 8.50. The molecule has 0 saturated heterocycles. The Morgan fingerprint density at radius 2 is 2.09 bits per heavy atom. The molecule has 0 atom stereocenters. The lowest BCUT2D eigenvalue weighted by atomic mass is 10.4. The maximum Gasteiger partial charge on any atom is 0.0478 e. The van der Waals surface area contributed by atoms with E-state index in [4.69, 9.17) is 4.74 Å². The molecule has 0 saturated carbocycles. The van der Waals surface area contributed by atoms with Crippen molar-refractivity contribution in [2.24, 2.45) is 0 Å². The van der Waals surface area contributed by atoms with Gasteiger partial charge in [0.1, 0.15) is 0 Å². The average molecular weight is 224 g/mol. The predicted molar refractivity (Wildman–Crippen MR) is 52.4 cm³/mol. The zero-order valence-electron chi connectivity index (χ0n) is 7.48. The average Bonchev–Trinajstić information content (AvgIpc) is 1.99. The summed E-state index contributed by atoms with van der Waals surface area (Å²) in [5.41, 5.74) is 0. The third-order valence-electron chi connectivity index (χ3n) is 1.50. The summed E-state index contributed by atoms with van der Waals surface area (Å²) < 4.78 is 5.22. The summed E-state index contributed by atoms with van der Waals surface area (Å²) in [7, 11) is 2.13. The molecule has 0 heterocycles. The maximum absolute atomic E-state index is 5.22. The first-order valence-electron chi connectivity index (χ1n) is 4.13. The van der Waals surface area contributed by atoms with Crippen molar-refractivity contribution in [1.82, 2.24) is 4.90 Å². The summed E-state index contributed by atoms with van der Waals surface area (Å²) in [4.78, 5) is 2.30. The van der Waals surface area contributed by atoms with Crippen LogP contribution in [0.5, 0.6) is 0 Å². The van der Waals surface area contributed by atoms with Gasteiger partial charge in [0.25, 0.3) is 0 Å². The van der Waals surface area contributed by atoms with Crippen molar-refractivity contribution in [1.29, 1.82) is 0 Å². The predicted octanol–water partition coefficient (Wildman–Crippen LogP) is 1.74. The molecule has 0 fully saturated rings. The van der Waals surface area contributed by atoms with Gasteiger partial charge in [-0.1, -0.05) is 15.9 Å².